The normalized spacial score (nSPS) is 27.6. The lowest BCUT2D eigenvalue weighted by Crippen LogP contribution is -2.35. The highest BCUT2D eigenvalue weighted by atomic mass is 16.8. The molecule has 0 unspecified atom stereocenters. The monoisotopic (exact) mass is 359 g/mol. The molecule has 6 heteroatoms. The standard InChI is InChI=1S/C17H33NO3.C2H4O2/c1-4-5-6-7-8-9-10-11-18-12-14(13-19)15-16(18)21-17(2,3)20-15;1-2(3)4/h14-16,19H,4-13H2,1-3H3;1H3,(H,3,4)/t14-,15-,16+;/m1./s1. The molecule has 0 aliphatic carbocycles. The molecular formula is C19H37NO5. The number of carbonyl (C=O) groups is 1. The molecule has 0 aromatic rings. The fourth-order valence-electron chi connectivity index (χ4n) is 3.54. The van der Waals surface area contributed by atoms with Crippen molar-refractivity contribution in [3.63, 3.8) is 0 Å². The van der Waals surface area contributed by atoms with Crippen LogP contribution in [0, 0.1) is 5.92 Å². The quantitative estimate of drug-likeness (QED) is 0.615. The Balaban J connectivity index is 0.000000705. The van der Waals surface area contributed by atoms with E-state index < -0.39 is 11.8 Å². The van der Waals surface area contributed by atoms with Crippen LogP contribution >= 0.6 is 0 Å². The van der Waals surface area contributed by atoms with E-state index in [9.17, 15) is 5.11 Å². The van der Waals surface area contributed by atoms with Gasteiger partial charge in [0.15, 0.2) is 5.79 Å². The summed E-state index contributed by atoms with van der Waals surface area (Å²) in [6, 6.07) is 0. The number of carboxylic acids is 1. The molecule has 148 valence electrons. The number of hydrogen-bond acceptors (Lipinski definition) is 5. The van der Waals surface area contributed by atoms with Gasteiger partial charge in [-0.15, -0.1) is 0 Å². The first-order chi connectivity index (χ1) is 11.8. The van der Waals surface area contributed by atoms with E-state index in [1.54, 1.807) is 0 Å². The van der Waals surface area contributed by atoms with Gasteiger partial charge < -0.3 is 19.7 Å². The summed E-state index contributed by atoms with van der Waals surface area (Å²) in [5.74, 6) is -1.15. The second-order valence-corrected chi connectivity index (χ2v) is 7.57. The molecule has 0 aromatic heterocycles. The third kappa shape index (κ3) is 8.03. The van der Waals surface area contributed by atoms with E-state index >= 15 is 0 Å². The Bertz CT molecular complexity index is 384. The van der Waals surface area contributed by atoms with E-state index in [2.05, 4.69) is 11.8 Å². The lowest BCUT2D eigenvalue weighted by molar-refractivity contribution is -0.173. The molecule has 2 rings (SSSR count). The van der Waals surface area contributed by atoms with E-state index in [0.717, 1.165) is 20.0 Å². The van der Waals surface area contributed by atoms with Crippen molar-refractivity contribution in [1.29, 1.82) is 0 Å². The van der Waals surface area contributed by atoms with Gasteiger partial charge in [0, 0.05) is 32.5 Å². The Morgan fingerprint density at radius 2 is 1.68 bits per heavy atom. The van der Waals surface area contributed by atoms with Crippen molar-refractivity contribution < 1.29 is 24.5 Å². The molecule has 2 saturated heterocycles. The van der Waals surface area contributed by atoms with Crippen molar-refractivity contribution >= 4 is 5.97 Å². The average Bonchev–Trinajstić information content (AvgIpc) is 2.99. The average molecular weight is 360 g/mol. The second kappa shape index (κ2) is 11.1. The number of nitrogens with zero attached hydrogens (tertiary/aromatic N) is 1. The summed E-state index contributed by atoms with van der Waals surface area (Å²) in [4.78, 5) is 11.4. The molecule has 2 N–H and O–H groups in total. The molecule has 0 amide bonds. The molecule has 2 fully saturated rings. The highest BCUT2D eigenvalue weighted by Crippen LogP contribution is 2.39. The van der Waals surface area contributed by atoms with Crippen molar-refractivity contribution in [2.24, 2.45) is 5.92 Å². The lowest BCUT2D eigenvalue weighted by Gasteiger charge is -2.25. The number of fused-ring (bicyclic) bond motifs is 1. The molecule has 0 radical (unpaired) electrons. The number of carboxylic acid groups (broad SMARTS) is 1. The molecular weight excluding hydrogens is 322 g/mol. The minimum atomic E-state index is -0.833. The van der Waals surface area contributed by atoms with Gasteiger partial charge in [-0.1, -0.05) is 45.4 Å². The predicted molar refractivity (Wildman–Crippen MR) is 97.3 cm³/mol. The number of hydrogen-bond donors (Lipinski definition) is 2. The highest BCUT2D eigenvalue weighted by molar-refractivity contribution is 5.62. The zero-order valence-electron chi connectivity index (χ0n) is 16.4. The molecule has 25 heavy (non-hydrogen) atoms. The van der Waals surface area contributed by atoms with E-state index in [-0.39, 0.29) is 24.9 Å². The number of aliphatic hydroxyl groups excluding tert-OH is 1. The van der Waals surface area contributed by atoms with Gasteiger partial charge in [0.1, 0.15) is 12.3 Å². The molecule has 2 heterocycles. The summed E-state index contributed by atoms with van der Waals surface area (Å²) in [6.07, 6.45) is 9.36. The molecule has 2 aliphatic rings. The molecule has 0 bridgehead atoms. The maximum absolute atomic E-state index is 9.53. The fourth-order valence-corrected chi connectivity index (χ4v) is 3.54. The van der Waals surface area contributed by atoms with Gasteiger partial charge in [-0.3, -0.25) is 9.69 Å². The van der Waals surface area contributed by atoms with Crippen molar-refractivity contribution in [3.8, 4) is 0 Å². The van der Waals surface area contributed by atoms with Crippen LogP contribution in [0.15, 0.2) is 0 Å². The van der Waals surface area contributed by atoms with E-state index in [0.29, 0.717) is 0 Å². The van der Waals surface area contributed by atoms with Crippen LogP contribution in [0.4, 0.5) is 0 Å². The van der Waals surface area contributed by atoms with Gasteiger partial charge >= 0.3 is 0 Å². The fraction of sp³-hybridized carbons (Fsp3) is 0.947. The second-order valence-electron chi connectivity index (χ2n) is 7.57. The Kier molecular flexibility index (Phi) is 9.94. The van der Waals surface area contributed by atoms with Crippen LogP contribution in [-0.4, -0.2) is 58.9 Å². The Hall–Kier alpha value is -0.690. The SMILES string of the molecule is CC(=O)O.CCCCCCCCCN1C[C@H](CO)[C@H]2OC(C)(C)O[C@@H]21. The van der Waals surface area contributed by atoms with Crippen LogP contribution in [-0.2, 0) is 14.3 Å². The van der Waals surface area contributed by atoms with Crippen molar-refractivity contribution in [2.45, 2.75) is 90.8 Å². The number of unbranched alkanes of at least 4 members (excludes halogenated alkanes) is 6. The van der Waals surface area contributed by atoms with Crippen LogP contribution in [0.25, 0.3) is 0 Å². The van der Waals surface area contributed by atoms with Crippen molar-refractivity contribution in [2.75, 3.05) is 19.7 Å². The summed E-state index contributed by atoms with van der Waals surface area (Å²) in [6.45, 7) is 9.42. The van der Waals surface area contributed by atoms with E-state index in [1.807, 2.05) is 13.8 Å². The summed E-state index contributed by atoms with van der Waals surface area (Å²) >= 11 is 0. The Labute approximate surface area is 152 Å². The smallest absolute Gasteiger partial charge is 0.300 e. The molecule has 6 nitrogen and oxygen atoms in total. The third-order valence-corrected chi connectivity index (χ3v) is 4.68. The van der Waals surface area contributed by atoms with Crippen LogP contribution in [0.2, 0.25) is 0 Å². The topological polar surface area (TPSA) is 79.2 Å². The molecule has 0 aromatic carbocycles. The number of ether oxygens (including phenoxy) is 2. The Morgan fingerprint density at radius 3 is 2.24 bits per heavy atom. The van der Waals surface area contributed by atoms with Gasteiger partial charge in [0.2, 0.25) is 0 Å². The summed E-state index contributed by atoms with van der Waals surface area (Å²) in [5, 5.41) is 16.9. The number of rotatable bonds is 9. The van der Waals surface area contributed by atoms with Crippen molar-refractivity contribution in [1.82, 2.24) is 4.90 Å². The highest BCUT2D eigenvalue weighted by Gasteiger charge is 2.52. The lowest BCUT2D eigenvalue weighted by atomic mass is 10.1. The van der Waals surface area contributed by atoms with Crippen LogP contribution in [0.1, 0.15) is 72.6 Å². The minimum absolute atomic E-state index is 0.0366. The first kappa shape index (κ1) is 22.4. The van der Waals surface area contributed by atoms with E-state index in [4.69, 9.17) is 19.4 Å². The first-order valence-corrected chi connectivity index (χ1v) is 9.70. The molecule has 2 aliphatic heterocycles. The maximum Gasteiger partial charge on any atom is 0.300 e. The van der Waals surface area contributed by atoms with Crippen LogP contribution < -0.4 is 0 Å². The molecule has 0 spiro atoms. The number of aliphatic carboxylic acids is 1. The molecule has 3 atom stereocenters. The van der Waals surface area contributed by atoms with Gasteiger partial charge in [-0.25, -0.2) is 0 Å². The Morgan fingerprint density at radius 1 is 1.12 bits per heavy atom. The van der Waals surface area contributed by atoms with Gasteiger partial charge in [0.25, 0.3) is 5.97 Å². The van der Waals surface area contributed by atoms with Gasteiger partial charge in [-0.2, -0.15) is 0 Å². The maximum atomic E-state index is 9.53. The number of likely N-dealkylation sites (tertiary alicyclic amines) is 1. The zero-order chi connectivity index (χ0) is 18.9. The third-order valence-electron chi connectivity index (χ3n) is 4.68. The minimum Gasteiger partial charge on any atom is -0.481 e. The van der Waals surface area contributed by atoms with E-state index in [1.165, 1.54) is 44.9 Å². The van der Waals surface area contributed by atoms with Crippen molar-refractivity contribution in [3.05, 3.63) is 0 Å². The summed E-state index contributed by atoms with van der Waals surface area (Å²) in [5.41, 5.74) is 0. The van der Waals surface area contributed by atoms with Gasteiger partial charge in [0.05, 0.1) is 0 Å². The van der Waals surface area contributed by atoms with Gasteiger partial charge in [-0.05, 0) is 20.3 Å². The van der Waals surface area contributed by atoms with Crippen LogP contribution in [0.5, 0.6) is 0 Å². The predicted octanol–water partition coefficient (Wildman–Crippen LogP) is 3.23. The summed E-state index contributed by atoms with van der Waals surface area (Å²) in [7, 11) is 0. The summed E-state index contributed by atoms with van der Waals surface area (Å²) < 4.78 is 12.0. The largest absolute Gasteiger partial charge is 0.481 e. The first-order valence-electron chi connectivity index (χ1n) is 9.70. The molecule has 0 saturated carbocycles. The number of aliphatic hydroxyl groups is 1. The van der Waals surface area contributed by atoms with Crippen LogP contribution in [0.3, 0.4) is 0 Å². The zero-order valence-corrected chi connectivity index (χ0v) is 16.4.